The predicted molar refractivity (Wildman–Crippen MR) is 291 cm³/mol. The average Bonchev–Trinajstić information content (AvgIpc) is 4.15. The number of likely N-dealkylation sites (tertiary alicyclic amines) is 2. The molecule has 5 atom stereocenters. The van der Waals surface area contributed by atoms with Crippen molar-refractivity contribution < 1.29 is 24.3 Å². The second-order valence-corrected chi connectivity index (χ2v) is 23.9. The number of piperidine rings is 1. The Hall–Kier alpha value is -5.79. The summed E-state index contributed by atoms with van der Waals surface area (Å²) in [6, 6.07) is 14.0. The van der Waals surface area contributed by atoms with Crippen molar-refractivity contribution >= 4 is 63.6 Å². The number of fused-ring (bicyclic) bond motifs is 3. The number of thiophene rings is 1. The Bertz CT molecular complexity index is 2940. The normalized spacial score (nSPS) is 20.3. The smallest absolute Gasteiger partial charge is 0.246 e. The molecule has 5 aromatic rings. The van der Waals surface area contributed by atoms with Crippen LogP contribution in [0.2, 0.25) is 5.02 Å². The van der Waals surface area contributed by atoms with Crippen LogP contribution in [-0.4, -0.2) is 144 Å². The number of aromatic nitrogens is 4. The zero-order valence-electron chi connectivity index (χ0n) is 43.7. The summed E-state index contributed by atoms with van der Waals surface area (Å²) >= 11 is 9.58. The Morgan fingerprint density at radius 2 is 1.55 bits per heavy atom. The number of β-amino-alcohol motifs (C(OH)–C–C–N with tert-alkyl or cyclic N) is 1. The number of aliphatic hydroxyl groups is 1. The Balaban J connectivity index is 0.760. The van der Waals surface area contributed by atoms with Gasteiger partial charge >= 0.3 is 0 Å². The molecule has 19 heteroatoms. The maximum atomic E-state index is 14.4. The lowest BCUT2D eigenvalue weighted by Gasteiger charge is -2.39. The molecule has 16 nitrogen and oxygen atoms in total. The van der Waals surface area contributed by atoms with Crippen LogP contribution in [0.5, 0.6) is 0 Å². The van der Waals surface area contributed by atoms with E-state index in [1.165, 1.54) is 4.88 Å². The van der Waals surface area contributed by atoms with E-state index in [0.717, 1.165) is 54.9 Å². The van der Waals surface area contributed by atoms with E-state index in [4.69, 9.17) is 16.6 Å². The number of hydrogen-bond acceptors (Lipinski definition) is 13. The summed E-state index contributed by atoms with van der Waals surface area (Å²) in [5, 5.41) is 28.1. The van der Waals surface area contributed by atoms with Gasteiger partial charge in [-0.25, -0.2) is 4.98 Å². The third kappa shape index (κ3) is 11.1. The molecule has 0 saturated carbocycles. The van der Waals surface area contributed by atoms with Crippen molar-refractivity contribution in [3.05, 3.63) is 116 Å². The number of carbonyl (C=O) groups is 4. The van der Waals surface area contributed by atoms with Crippen LogP contribution >= 0.6 is 34.3 Å². The van der Waals surface area contributed by atoms with Gasteiger partial charge in [-0.05, 0) is 94.8 Å². The summed E-state index contributed by atoms with van der Waals surface area (Å²) < 4.78 is 2.05. The SMILES string of the molecule is C=C(N[C@@H](C)c1ccc(-c2scnc2C)cc1)[C@@H]1C[C@@H](O)CN1C(=O)[C@@H](NC(=O)CN1CCC(C(=O)N2CCN(C(=O)C[C@@H]3N=C(c4ccc(Cl)cc4)c4c(sc(C)c4C)-n4c(C)nnc43)CC2)CC1)C(C)(C)C. The number of benzene rings is 2. The number of piperazine rings is 1. The van der Waals surface area contributed by atoms with Crippen LogP contribution in [0.1, 0.15) is 110 Å². The molecule has 4 aliphatic heterocycles. The number of aliphatic imine (C=N–C) groups is 1. The number of hydrogen-bond donors (Lipinski definition) is 3. The third-order valence-electron chi connectivity index (χ3n) is 15.2. The minimum atomic E-state index is -0.848. The molecule has 3 saturated heterocycles. The fourth-order valence-electron chi connectivity index (χ4n) is 10.8. The minimum Gasteiger partial charge on any atom is -0.391 e. The molecule has 7 heterocycles. The second kappa shape index (κ2) is 21.8. The molecule has 0 radical (unpaired) electrons. The van der Waals surface area contributed by atoms with Gasteiger partial charge in [0.2, 0.25) is 23.6 Å². The first kappa shape index (κ1) is 53.1. The molecule has 9 rings (SSSR count). The van der Waals surface area contributed by atoms with Gasteiger partial charge < -0.3 is 30.4 Å². The Morgan fingerprint density at radius 1 is 0.892 bits per heavy atom. The lowest BCUT2D eigenvalue weighted by atomic mass is 9.85. The number of nitrogens with one attached hydrogen (secondary N) is 2. The first-order valence-corrected chi connectivity index (χ1v) is 27.7. The van der Waals surface area contributed by atoms with Crippen LogP contribution in [0.25, 0.3) is 15.4 Å². The molecule has 3 fully saturated rings. The summed E-state index contributed by atoms with van der Waals surface area (Å²) in [5.74, 6) is 0.656. The van der Waals surface area contributed by atoms with E-state index in [-0.39, 0.29) is 55.1 Å². The summed E-state index contributed by atoms with van der Waals surface area (Å²) in [7, 11) is 0. The molecular weight excluding hydrogens is 994 g/mol. The van der Waals surface area contributed by atoms with E-state index in [1.807, 2.05) is 90.6 Å². The van der Waals surface area contributed by atoms with Gasteiger partial charge in [0.25, 0.3) is 0 Å². The van der Waals surface area contributed by atoms with E-state index in [9.17, 15) is 24.3 Å². The first-order chi connectivity index (χ1) is 35.2. The van der Waals surface area contributed by atoms with Crippen LogP contribution in [0, 0.1) is 39.0 Å². The molecular formula is C55H68ClN11O5S2. The first-order valence-electron chi connectivity index (χ1n) is 25.6. The maximum absolute atomic E-state index is 14.4. The molecule has 0 aliphatic carbocycles. The molecule has 392 valence electrons. The predicted octanol–water partition coefficient (Wildman–Crippen LogP) is 7.36. The molecule has 0 spiro atoms. The van der Waals surface area contributed by atoms with Crippen LogP contribution in [0.3, 0.4) is 0 Å². The average molecular weight is 1060 g/mol. The molecule has 3 N–H and O–H groups in total. The molecule has 3 aromatic heterocycles. The summed E-state index contributed by atoms with van der Waals surface area (Å²) in [5.41, 5.74) is 8.85. The highest BCUT2D eigenvalue weighted by Crippen LogP contribution is 2.40. The van der Waals surface area contributed by atoms with Crippen molar-refractivity contribution in [3.8, 4) is 15.4 Å². The van der Waals surface area contributed by atoms with Crippen molar-refractivity contribution in [1.29, 1.82) is 0 Å². The van der Waals surface area contributed by atoms with Crippen LogP contribution in [0.15, 0.2) is 71.3 Å². The molecule has 0 bridgehead atoms. The van der Waals surface area contributed by atoms with Crippen molar-refractivity contribution in [2.45, 2.75) is 111 Å². The quantitative estimate of drug-likeness (QED) is 0.108. The van der Waals surface area contributed by atoms with Gasteiger partial charge in [0.1, 0.15) is 22.9 Å². The molecule has 4 aliphatic rings. The summed E-state index contributed by atoms with van der Waals surface area (Å²) in [4.78, 5) is 75.6. The monoisotopic (exact) mass is 1060 g/mol. The van der Waals surface area contributed by atoms with E-state index in [2.05, 4.69) is 70.5 Å². The van der Waals surface area contributed by atoms with E-state index in [1.54, 1.807) is 27.6 Å². The van der Waals surface area contributed by atoms with E-state index >= 15 is 0 Å². The topological polar surface area (TPSA) is 181 Å². The zero-order chi connectivity index (χ0) is 52.7. The summed E-state index contributed by atoms with van der Waals surface area (Å²) in [6.07, 6.45) is 0.916. The van der Waals surface area contributed by atoms with Crippen molar-refractivity contribution in [2.24, 2.45) is 16.3 Å². The van der Waals surface area contributed by atoms with Crippen molar-refractivity contribution in [3.63, 3.8) is 0 Å². The summed E-state index contributed by atoms with van der Waals surface area (Å²) in [6.45, 7) is 23.3. The Kier molecular flexibility index (Phi) is 15.6. The van der Waals surface area contributed by atoms with Gasteiger partial charge in [-0.1, -0.05) is 75.3 Å². The highest BCUT2D eigenvalue weighted by Gasteiger charge is 2.44. The Labute approximate surface area is 446 Å². The van der Waals surface area contributed by atoms with Crippen LogP contribution < -0.4 is 10.6 Å². The number of rotatable bonds is 13. The van der Waals surface area contributed by atoms with Crippen molar-refractivity contribution in [1.82, 2.24) is 50.0 Å². The number of amides is 4. The highest BCUT2D eigenvalue weighted by atomic mass is 35.5. The number of nitrogens with zero attached hydrogens (tertiary/aromatic N) is 9. The maximum Gasteiger partial charge on any atom is 0.246 e. The van der Waals surface area contributed by atoms with E-state index in [0.29, 0.717) is 75.1 Å². The zero-order valence-corrected chi connectivity index (χ0v) is 46.0. The fraction of sp³-hybridized carbons (Fsp3) is 0.491. The number of halogens is 1. The molecule has 2 aromatic carbocycles. The van der Waals surface area contributed by atoms with Gasteiger partial charge in [0.15, 0.2) is 5.82 Å². The second-order valence-electron chi connectivity index (χ2n) is 21.4. The lowest BCUT2D eigenvalue weighted by molar-refractivity contribution is -0.143. The van der Waals surface area contributed by atoms with Crippen LogP contribution in [0.4, 0.5) is 0 Å². The van der Waals surface area contributed by atoms with E-state index < -0.39 is 29.6 Å². The lowest BCUT2D eigenvalue weighted by Crippen LogP contribution is -2.58. The molecule has 0 unspecified atom stereocenters. The number of carbonyl (C=O) groups excluding carboxylic acids is 4. The van der Waals surface area contributed by atoms with Crippen LogP contribution in [-0.2, 0) is 19.2 Å². The standard InChI is InChI=1S/C55H68ClN11O5S2/c1-31-35(5)74-54-47(31)48(38-14-16-41(56)17-15-38)59-43(51-62-61-36(6)67(51)54)27-46(70)64-22-24-65(25-23-64)52(71)40-18-20-63(21-19-40)29-45(69)60-50(55(7,8)9)53(72)66-28-42(68)26-44(66)33(3)58-32(2)37-10-12-39(13-11-37)49-34(4)57-30-73-49/h10-17,30,32,40,42-44,50,58,68H,3,18-29H2,1-2,4-9H3,(H,60,69)/t32-,42+,43-,44-,50+/m0/s1. The highest BCUT2D eigenvalue weighted by molar-refractivity contribution is 7.15. The number of aryl methyl sites for hydroxylation is 3. The van der Waals surface area contributed by atoms with Gasteiger partial charge in [-0.2, -0.15) is 0 Å². The molecule has 74 heavy (non-hydrogen) atoms. The number of thiazole rings is 1. The third-order valence-corrected chi connectivity index (χ3v) is 17.6. The Morgan fingerprint density at radius 3 is 2.20 bits per heavy atom. The number of aliphatic hydroxyl groups excluding tert-OH is 1. The fourth-order valence-corrected chi connectivity index (χ4v) is 12.9. The van der Waals surface area contributed by atoms with Gasteiger partial charge in [-0.3, -0.25) is 33.6 Å². The largest absolute Gasteiger partial charge is 0.391 e. The van der Waals surface area contributed by atoms with Gasteiger partial charge in [-0.15, -0.1) is 32.9 Å². The molecule has 4 amide bonds. The van der Waals surface area contributed by atoms with Gasteiger partial charge in [0.05, 0.1) is 46.9 Å². The minimum absolute atomic E-state index is 0.0557. The van der Waals surface area contributed by atoms with Crippen molar-refractivity contribution in [2.75, 3.05) is 52.4 Å². The van der Waals surface area contributed by atoms with Gasteiger partial charge in [0, 0.05) is 77.8 Å².